The fraction of sp³-hybridized carbons (Fsp3) is 0.765. The molecule has 2 saturated carbocycles. The van der Waals surface area contributed by atoms with Crippen molar-refractivity contribution in [1.82, 2.24) is 0 Å². The van der Waals surface area contributed by atoms with E-state index in [0.717, 1.165) is 24.3 Å². The van der Waals surface area contributed by atoms with Crippen molar-refractivity contribution in [1.29, 1.82) is 0 Å². The van der Waals surface area contributed by atoms with Crippen LogP contribution in [0.4, 0.5) is 0 Å². The van der Waals surface area contributed by atoms with E-state index in [1.807, 2.05) is 0 Å². The molecule has 2 aliphatic carbocycles. The van der Waals surface area contributed by atoms with Gasteiger partial charge in [-0.3, -0.25) is 9.59 Å². The second-order valence-corrected chi connectivity index (χ2v) is 12.2. The minimum atomic E-state index is -0.349. The van der Waals surface area contributed by atoms with Gasteiger partial charge in [-0.1, -0.05) is 115 Å². The number of Topliss-reactive ketones (excluding diaryl/α,β-unsaturated/α-hetero) is 2. The summed E-state index contributed by atoms with van der Waals surface area (Å²) in [5.74, 6) is 2.15. The summed E-state index contributed by atoms with van der Waals surface area (Å²) in [6.45, 7) is 4.53. The zero-order valence-corrected chi connectivity index (χ0v) is 23.6. The first-order valence-electron chi connectivity index (χ1n) is 15.7. The lowest BCUT2D eigenvalue weighted by Gasteiger charge is -2.29. The number of ketones is 2. The Balaban J connectivity index is 1.36. The molecule has 2 nitrogen and oxygen atoms in total. The maximum absolute atomic E-state index is 13.0. The smallest absolute Gasteiger partial charge is 0.147 e. The van der Waals surface area contributed by atoms with Gasteiger partial charge < -0.3 is 0 Å². The minimum Gasteiger partial charge on any atom is -0.299 e. The van der Waals surface area contributed by atoms with Gasteiger partial charge in [0, 0.05) is 12.8 Å². The predicted molar refractivity (Wildman–Crippen MR) is 152 cm³/mol. The molecule has 0 saturated heterocycles. The van der Waals surface area contributed by atoms with Crippen LogP contribution < -0.4 is 0 Å². The van der Waals surface area contributed by atoms with Crippen molar-refractivity contribution in [3.05, 3.63) is 35.4 Å². The predicted octanol–water partition coefficient (Wildman–Crippen LogP) is 9.78. The first-order valence-corrected chi connectivity index (χ1v) is 15.7. The van der Waals surface area contributed by atoms with Gasteiger partial charge in [0.25, 0.3) is 0 Å². The van der Waals surface area contributed by atoms with Gasteiger partial charge in [0.05, 0.1) is 5.92 Å². The molecule has 0 spiro atoms. The summed E-state index contributed by atoms with van der Waals surface area (Å²) in [6, 6.07) is 8.82. The van der Waals surface area contributed by atoms with Gasteiger partial charge in [-0.15, -0.1) is 0 Å². The molecule has 202 valence electrons. The Labute approximate surface area is 222 Å². The Hall–Kier alpha value is -1.44. The van der Waals surface area contributed by atoms with E-state index in [1.54, 1.807) is 0 Å². The van der Waals surface area contributed by atoms with E-state index >= 15 is 0 Å². The number of benzene rings is 1. The molecular formula is C34H54O2. The molecule has 2 heteroatoms. The van der Waals surface area contributed by atoms with Gasteiger partial charge in [0.1, 0.15) is 11.6 Å². The van der Waals surface area contributed by atoms with Crippen LogP contribution in [0.2, 0.25) is 0 Å². The molecule has 2 aliphatic rings. The monoisotopic (exact) mass is 494 g/mol. The normalized spacial score (nSPS) is 24.7. The second kappa shape index (κ2) is 16.4. The van der Waals surface area contributed by atoms with Crippen LogP contribution in [-0.2, 0) is 16.0 Å². The summed E-state index contributed by atoms with van der Waals surface area (Å²) < 4.78 is 0. The third-order valence-electron chi connectivity index (χ3n) is 9.24. The standard InChI is InChI=1S/C34H54O2/c1-3-5-7-9-11-13-27-15-20-30(21-16-27)31-22-17-29(18-23-31)26-34(36)32-24-19-28(25-33(32)35)14-12-10-8-6-4-2/h17-18,22-23,27-28,30,32H,3-16,19-21,24-26H2,1-2H3/t27-,28?,30-,32?. The highest BCUT2D eigenvalue weighted by Crippen LogP contribution is 2.38. The Morgan fingerprint density at radius 2 is 1.25 bits per heavy atom. The molecular weight excluding hydrogens is 440 g/mol. The van der Waals surface area contributed by atoms with Crippen molar-refractivity contribution in [3.8, 4) is 0 Å². The van der Waals surface area contributed by atoms with Crippen molar-refractivity contribution >= 4 is 11.6 Å². The van der Waals surface area contributed by atoms with Crippen LogP contribution in [0.1, 0.15) is 153 Å². The van der Waals surface area contributed by atoms with Crippen molar-refractivity contribution in [2.45, 2.75) is 148 Å². The van der Waals surface area contributed by atoms with E-state index in [0.29, 0.717) is 24.7 Å². The first kappa shape index (κ1) is 29.1. The van der Waals surface area contributed by atoms with Gasteiger partial charge in [-0.05, 0) is 67.4 Å². The van der Waals surface area contributed by atoms with Crippen molar-refractivity contribution in [2.75, 3.05) is 0 Å². The summed E-state index contributed by atoms with van der Waals surface area (Å²) in [5, 5.41) is 0. The highest BCUT2D eigenvalue weighted by molar-refractivity contribution is 6.03. The number of unbranched alkanes of at least 4 members (excludes halogenated alkanes) is 8. The lowest BCUT2D eigenvalue weighted by molar-refractivity contribution is -0.135. The molecule has 1 aromatic rings. The molecule has 0 heterocycles. The second-order valence-electron chi connectivity index (χ2n) is 12.2. The van der Waals surface area contributed by atoms with Gasteiger partial charge in [-0.2, -0.15) is 0 Å². The number of carbonyl (C=O) groups excluding carboxylic acids is 2. The Morgan fingerprint density at radius 3 is 1.83 bits per heavy atom. The van der Waals surface area contributed by atoms with E-state index in [1.165, 1.54) is 108 Å². The summed E-state index contributed by atoms with van der Waals surface area (Å²) in [6.07, 6.45) is 24.3. The van der Waals surface area contributed by atoms with Crippen LogP contribution in [0.5, 0.6) is 0 Å². The van der Waals surface area contributed by atoms with E-state index in [2.05, 4.69) is 38.1 Å². The maximum Gasteiger partial charge on any atom is 0.147 e. The molecule has 0 aromatic heterocycles. The number of carbonyl (C=O) groups is 2. The van der Waals surface area contributed by atoms with Crippen LogP contribution in [0.15, 0.2) is 24.3 Å². The maximum atomic E-state index is 13.0. The number of rotatable bonds is 16. The molecule has 2 atom stereocenters. The first-order chi connectivity index (χ1) is 17.6. The zero-order valence-electron chi connectivity index (χ0n) is 23.6. The van der Waals surface area contributed by atoms with Crippen molar-refractivity contribution in [3.63, 3.8) is 0 Å². The molecule has 36 heavy (non-hydrogen) atoms. The molecule has 2 fully saturated rings. The number of hydrogen-bond acceptors (Lipinski definition) is 2. The molecule has 0 bridgehead atoms. The molecule has 0 radical (unpaired) electrons. The van der Waals surface area contributed by atoms with Crippen LogP contribution in [0, 0.1) is 17.8 Å². The summed E-state index contributed by atoms with van der Waals surface area (Å²) in [7, 11) is 0. The van der Waals surface area contributed by atoms with Gasteiger partial charge in [0.15, 0.2) is 0 Å². The molecule has 0 N–H and O–H groups in total. The summed E-state index contributed by atoms with van der Waals surface area (Å²) >= 11 is 0. The summed E-state index contributed by atoms with van der Waals surface area (Å²) in [4.78, 5) is 25.7. The lowest BCUT2D eigenvalue weighted by Crippen LogP contribution is -2.32. The third-order valence-corrected chi connectivity index (χ3v) is 9.24. The fourth-order valence-corrected chi connectivity index (χ4v) is 6.77. The SMILES string of the molecule is CCCCCCCC1CCC(C(=O)Cc2ccc([C@H]3CC[C@H](CCCCCCC)CC3)cc2)C(=O)C1. The zero-order chi connectivity index (χ0) is 25.6. The molecule has 2 unspecified atom stereocenters. The average Bonchev–Trinajstić information content (AvgIpc) is 2.89. The average molecular weight is 495 g/mol. The van der Waals surface area contributed by atoms with E-state index in [9.17, 15) is 9.59 Å². The molecule has 3 rings (SSSR count). The van der Waals surface area contributed by atoms with E-state index in [4.69, 9.17) is 0 Å². The largest absolute Gasteiger partial charge is 0.299 e. The van der Waals surface area contributed by atoms with Gasteiger partial charge in [-0.25, -0.2) is 0 Å². The number of hydrogen-bond donors (Lipinski definition) is 0. The summed E-state index contributed by atoms with van der Waals surface area (Å²) in [5.41, 5.74) is 2.53. The molecule has 0 aliphatic heterocycles. The van der Waals surface area contributed by atoms with Crippen LogP contribution >= 0.6 is 0 Å². The fourth-order valence-electron chi connectivity index (χ4n) is 6.77. The Kier molecular flexibility index (Phi) is 13.3. The van der Waals surface area contributed by atoms with Gasteiger partial charge in [0.2, 0.25) is 0 Å². The van der Waals surface area contributed by atoms with Crippen LogP contribution in [-0.4, -0.2) is 11.6 Å². The van der Waals surface area contributed by atoms with Gasteiger partial charge >= 0.3 is 0 Å². The quantitative estimate of drug-likeness (QED) is 0.169. The van der Waals surface area contributed by atoms with Crippen LogP contribution in [0.3, 0.4) is 0 Å². The lowest BCUT2D eigenvalue weighted by atomic mass is 9.76. The topological polar surface area (TPSA) is 34.1 Å². The van der Waals surface area contributed by atoms with Crippen molar-refractivity contribution in [2.24, 2.45) is 17.8 Å². The molecule has 1 aromatic carbocycles. The van der Waals surface area contributed by atoms with E-state index < -0.39 is 0 Å². The highest BCUT2D eigenvalue weighted by Gasteiger charge is 2.33. The Bertz CT molecular complexity index is 756. The van der Waals surface area contributed by atoms with Crippen LogP contribution in [0.25, 0.3) is 0 Å². The van der Waals surface area contributed by atoms with E-state index in [-0.39, 0.29) is 17.5 Å². The third kappa shape index (κ3) is 9.79. The molecule has 0 amide bonds. The minimum absolute atomic E-state index is 0.147. The Morgan fingerprint density at radius 1 is 0.694 bits per heavy atom. The highest BCUT2D eigenvalue weighted by atomic mass is 16.1. The van der Waals surface area contributed by atoms with Crippen molar-refractivity contribution < 1.29 is 9.59 Å².